The third-order valence-electron chi connectivity index (χ3n) is 2.78. The molecule has 1 heterocycles. The van der Waals surface area contributed by atoms with Crippen LogP contribution in [0.3, 0.4) is 0 Å². The molecule has 0 aliphatic carbocycles. The molecule has 6 heteroatoms. The molecule has 1 unspecified atom stereocenters. The molecule has 5 nitrogen and oxygen atoms in total. The number of aliphatic carboxylic acids is 1. The maximum Gasteiger partial charge on any atom is 0.307 e. The molecule has 0 aromatic carbocycles. The number of thioether (sulfide) groups is 1. The largest absolute Gasteiger partial charge is 0.481 e. The first-order chi connectivity index (χ1) is 8.67. The molecule has 0 amide bonds. The topological polar surface area (TPSA) is 78.9 Å². The predicted octanol–water partition coefficient (Wildman–Crippen LogP) is 2.74. The van der Waals surface area contributed by atoms with Gasteiger partial charge in [0, 0.05) is 12.2 Å². The van der Waals surface area contributed by atoms with E-state index in [1.54, 1.807) is 0 Å². The first kappa shape index (κ1) is 15.0. The highest BCUT2D eigenvalue weighted by Crippen LogP contribution is 2.19. The van der Waals surface area contributed by atoms with E-state index in [1.165, 1.54) is 24.6 Å². The van der Waals surface area contributed by atoms with Crippen LogP contribution in [0.5, 0.6) is 0 Å². The summed E-state index contributed by atoms with van der Waals surface area (Å²) < 4.78 is 0. The Kier molecular flexibility index (Phi) is 6.78. The zero-order valence-corrected chi connectivity index (χ0v) is 11.8. The van der Waals surface area contributed by atoms with E-state index in [-0.39, 0.29) is 5.92 Å². The van der Waals surface area contributed by atoms with Gasteiger partial charge in [-0.3, -0.25) is 9.89 Å². The lowest BCUT2D eigenvalue weighted by atomic mass is 10.1. The molecule has 1 rings (SSSR count). The number of H-pyrrole nitrogens is 1. The number of hydrogen-bond donors (Lipinski definition) is 2. The van der Waals surface area contributed by atoms with E-state index in [4.69, 9.17) is 5.11 Å². The molecule has 2 N–H and O–H groups in total. The van der Waals surface area contributed by atoms with Crippen molar-refractivity contribution in [3.8, 4) is 0 Å². The summed E-state index contributed by atoms with van der Waals surface area (Å²) in [6.07, 6.45) is 5.04. The molecule has 18 heavy (non-hydrogen) atoms. The third kappa shape index (κ3) is 5.08. The van der Waals surface area contributed by atoms with E-state index in [0.717, 1.165) is 18.7 Å². The second-order valence-electron chi connectivity index (χ2n) is 4.28. The predicted molar refractivity (Wildman–Crippen MR) is 71.8 cm³/mol. The van der Waals surface area contributed by atoms with Gasteiger partial charge < -0.3 is 5.11 Å². The first-order valence-electron chi connectivity index (χ1n) is 6.44. The van der Waals surface area contributed by atoms with Gasteiger partial charge in [-0.1, -0.05) is 38.5 Å². The Morgan fingerprint density at radius 1 is 1.44 bits per heavy atom. The van der Waals surface area contributed by atoms with Gasteiger partial charge >= 0.3 is 5.97 Å². The Hall–Kier alpha value is -1.04. The van der Waals surface area contributed by atoms with Crippen molar-refractivity contribution < 1.29 is 9.90 Å². The summed E-state index contributed by atoms with van der Waals surface area (Å²) in [5.74, 6) is 0.355. The molecule has 0 aliphatic heterocycles. The van der Waals surface area contributed by atoms with Crippen LogP contribution in [0.1, 0.15) is 45.4 Å². The molecule has 102 valence electrons. The third-order valence-corrected chi connectivity index (χ3v) is 3.79. The van der Waals surface area contributed by atoms with E-state index >= 15 is 0 Å². The van der Waals surface area contributed by atoms with Gasteiger partial charge in [-0.05, 0) is 12.8 Å². The van der Waals surface area contributed by atoms with Gasteiger partial charge in [0.1, 0.15) is 5.82 Å². The van der Waals surface area contributed by atoms with Crippen LogP contribution in [-0.4, -0.2) is 32.0 Å². The number of hydrogen-bond acceptors (Lipinski definition) is 4. The van der Waals surface area contributed by atoms with E-state index in [2.05, 4.69) is 22.1 Å². The Balaban J connectivity index is 2.36. The van der Waals surface area contributed by atoms with Crippen molar-refractivity contribution >= 4 is 17.7 Å². The van der Waals surface area contributed by atoms with Gasteiger partial charge in [0.15, 0.2) is 0 Å². The summed E-state index contributed by atoms with van der Waals surface area (Å²) in [6, 6.07) is 0. The molecule has 0 spiro atoms. The maximum atomic E-state index is 10.9. The highest BCUT2D eigenvalue weighted by molar-refractivity contribution is 7.99. The van der Waals surface area contributed by atoms with Crippen LogP contribution < -0.4 is 0 Å². The van der Waals surface area contributed by atoms with Crippen molar-refractivity contribution in [1.29, 1.82) is 0 Å². The summed E-state index contributed by atoms with van der Waals surface area (Å²) in [4.78, 5) is 15.2. The second-order valence-corrected chi connectivity index (χ2v) is 5.26. The fourth-order valence-electron chi connectivity index (χ4n) is 1.54. The minimum Gasteiger partial charge on any atom is -0.481 e. The smallest absolute Gasteiger partial charge is 0.307 e. The van der Waals surface area contributed by atoms with Crippen LogP contribution in [0.25, 0.3) is 0 Å². The molecule has 0 saturated carbocycles. The Morgan fingerprint density at radius 3 is 2.83 bits per heavy atom. The Labute approximate surface area is 112 Å². The van der Waals surface area contributed by atoms with E-state index in [0.29, 0.717) is 17.3 Å². The van der Waals surface area contributed by atoms with Crippen LogP contribution in [0.4, 0.5) is 0 Å². The SMILES string of the molecule is CCCCCc1nc(SCC(CC)C(=O)O)n[nH]1. The quantitative estimate of drug-likeness (QED) is 0.533. The van der Waals surface area contributed by atoms with E-state index in [9.17, 15) is 4.79 Å². The highest BCUT2D eigenvalue weighted by atomic mass is 32.2. The molecule has 0 bridgehead atoms. The van der Waals surface area contributed by atoms with Crippen molar-refractivity contribution in [2.24, 2.45) is 5.92 Å². The number of aryl methyl sites for hydroxylation is 1. The average Bonchev–Trinajstić information content (AvgIpc) is 2.78. The minimum absolute atomic E-state index is 0.322. The van der Waals surface area contributed by atoms with E-state index < -0.39 is 5.97 Å². The van der Waals surface area contributed by atoms with Crippen LogP contribution in [0, 0.1) is 5.92 Å². The van der Waals surface area contributed by atoms with Crippen molar-refractivity contribution in [1.82, 2.24) is 15.2 Å². The molecule has 0 fully saturated rings. The first-order valence-corrected chi connectivity index (χ1v) is 7.42. The zero-order chi connectivity index (χ0) is 13.4. The van der Waals surface area contributed by atoms with Gasteiger partial charge in [0.25, 0.3) is 0 Å². The number of carbonyl (C=O) groups is 1. The highest BCUT2D eigenvalue weighted by Gasteiger charge is 2.16. The molecular weight excluding hydrogens is 250 g/mol. The lowest BCUT2D eigenvalue weighted by molar-refractivity contribution is -0.140. The number of carboxylic acids is 1. The average molecular weight is 271 g/mol. The number of aromatic nitrogens is 3. The van der Waals surface area contributed by atoms with E-state index in [1.807, 2.05) is 6.92 Å². The zero-order valence-electron chi connectivity index (χ0n) is 11.0. The van der Waals surface area contributed by atoms with Crippen molar-refractivity contribution in [2.45, 2.75) is 51.1 Å². The molecule has 0 radical (unpaired) electrons. The van der Waals surface area contributed by atoms with Crippen LogP contribution in [0.2, 0.25) is 0 Å². The fraction of sp³-hybridized carbons (Fsp3) is 0.750. The number of nitrogens with zero attached hydrogens (tertiary/aromatic N) is 2. The van der Waals surface area contributed by atoms with Crippen molar-refractivity contribution in [3.63, 3.8) is 0 Å². The lowest BCUT2D eigenvalue weighted by Gasteiger charge is -2.06. The number of aromatic amines is 1. The molecular formula is C12H21N3O2S. The van der Waals surface area contributed by atoms with Gasteiger partial charge in [0.05, 0.1) is 5.92 Å². The molecule has 1 aromatic heterocycles. The van der Waals surface area contributed by atoms with Crippen LogP contribution in [-0.2, 0) is 11.2 Å². The summed E-state index contributed by atoms with van der Waals surface area (Å²) in [6.45, 7) is 4.05. The van der Waals surface area contributed by atoms with Gasteiger partial charge in [-0.15, -0.1) is 5.10 Å². The lowest BCUT2D eigenvalue weighted by Crippen LogP contribution is -2.15. The summed E-state index contributed by atoms with van der Waals surface area (Å²) in [5.41, 5.74) is 0. The van der Waals surface area contributed by atoms with Gasteiger partial charge in [-0.2, -0.15) is 0 Å². The molecule has 0 aliphatic rings. The number of carboxylic acid groups (broad SMARTS) is 1. The van der Waals surface area contributed by atoms with Gasteiger partial charge in [0.2, 0.25) is 5.16 Å². The Bertz CT molecular complexity index is 368. The van der Waals surface area contributed by atoms with Crippen molar-refractivity contribution in [3.05, 3.63) is 5.82 Å². The van der Waals surface area contributed by atoms with Gasteiger partial charge in [-0.25, -0.2) is 4.98 Å². The normalized spacial score (nSPS) is 12.6. The fourth-order valence-corrected chi connectivity index (χ4v) is 2.55. The Morgan fingerprint density at radius 2 is 2.22 bits per heavy atom. The monoisotopic (exact) mass is 271 g/mol. The summed E-state index contributed by atoms with van der Waals surface area (Å²) >= 11 is 1.41. The standard InChI is InChI=1S/C12H21N3O2S/c1-3-5-6-7-10-13-12(15-14-10)18-8-9(4-2)11(16)17/h9H,3-8H2,1-2H3,(H,16,17)(H,13,14,15). The number of nitrogens with one attached hydrogen (secondary N) is 1. The number of rotatable bonds is 9. The second kappa shape index (κ2) is 8.13. The summed E-state index contributed by atoms with van der Waals surface area (Å²) in [7, 11) is 0. The van der Waals surface area contributed by atoms with Crippen LogP contribution in [0.15, 0.2) is 5.16 Å². The molecule has 1 aromatic rings. The number of unbranched alkanes of at least 4 members (excludes halogenated alkanes) is 2. The molecule has 0 saturated heterocycles. The molecule has 1 atom stereocenters. The summed E-state index contributed by atoms with van der Waals surface area (Å²) in [5, 5.41) is 16.6. The minimum atomic E-state index is -0.747. The maximum absolute atomic E-state index is 10.9. The van der Waals surface area contributed by atoms with Crippen LogP contribution >= 0.6 is 11.8 Å². The van der Waals surface area contributed by atoms with Crippen molar-refractivity contribution in [2.75, 3.05) is 5.75 Å².